The molecule has 2 bridgehead atoms. The van der Waals surface area contributed by atoms with Crippen LogP contribution in [0.4, 0.5) is 5.69 Å². The van der Waals surface area contributed by atoms with Gasteiger partial charge in [-0.25, -0.2) is 0 Å². The number of aryl methyl sites for hydroxylation is 1. The van der Waals surface area contributed by atoms with E-state index in [-0.39, 0.29) is 26.0 Å². The number of rotatable bonds is 16. The number of nitrogens with one attached hydrogen (secondary N) is 1. The number of nitrogens with zero attached hydrogens (tertiary/aromatic N) is 2. The highest BCUT2D eigenvalue weighted by Crippen LogP contribution is 2.59. The maximum Gasteiger partial charge on any atom is 0.306 e. The molecule has 3 aromatic rings. The summed E-state index contributed by atoms with van der Waals surface area (Å²) in [4.78, 5) is 60.1. The molecule has 6 rings (SSSR count). The summed E-state index contributed by atoms with van der Waals surface area (Å²) >= 11 is 6.73. The lowest BCUT2D eigenvalue weighted by Gasteiger charge is -2.39. The van der Waals surface area contributed by atoms with E-state index < -0.39 is 72.0 Å². The number of fused-ring (bicyclic) bond motifs is 1. The first-order valence-electron chi connectivity index (χ1n) is 18.1. The lowest BCUT2D eigenvalue weighted by molar-refractivity contribution is -0.146. The summed E-state index contributed by atoms with van der Waals surface area (Å²) < 4.78 is 12.3. The molecule has 2 N–H and O–H groups in total. The number of benzene rings is 3. The van der Waals surface area contributed by atoms with Gasteiger partial charge in [-0.15, -0.1) is 13.2 Å². The van der Waals surface area contributed by atoms with E-state index in [1.54, 1.807) is 24.3 Å². The SMILES string of the molecule is C=CCCC(=O)OC[C@@H](NC(=O)[C@@H]1[C@H]2C(=O)N([C@@H](CO)Cc3ccccc3)[C@H](C(=O)N(CC=C)c3c(C)cccc3Cl)[C@]23CC[C@H]1O3)c1ccccc1. The molecule has 0 aromatic heterocycles. The Morgan fingerprint density at radius 1 is 1.08 bits per heavy atom. The van der Waals surface area contributed by atoms with Gasteiger partial charge in [0.1, 0.15) is 18.2 Å². The van der Waals surface area contributed by atoms with Gasteiger partial charge in [-0.2, -0.15) is 0 Å². The average Bonchev–Trinajstić information content (AvgIpc) is 3.82. The van der Waals surface area contributed by atoms with Crippen molar-refractivity contribution in [2.75, 3.05) is 24.7 Å². The monoisotopic (exact) mass is 739 g/mol. The molecule has 0 aliphatic carbocycles. The number of allylic oxidation sites excluding steroid dienone is 1. The molecule has 0 saturated carbocycles. The molecule has 53 heavy (non-hydrogen) atoms. The molecule has 3 heterocycles. The van der Waals surface area contributed by atoms with Gasteiger partial charge in [-0.05, 0) is 55.4 Å². The summed E-state index contributed by atoms with van der Waals surface area (Å²) in [6.45, 7) is 8.97. The van der Waals surface area contributed by atoms with Gasteiger partial charge in [0.25, 0.3) is 5.91 Å². The molecule has 3 saturated heterocycles. The summed E-state index contributed by atoms with van der Waals surface area (Å²) in [7, 11) is 0. The van der Waals surface area contributed by atoms with E-state index in [0.29, 0.717) is 30.0 Å². The maximum absolute atomic E-state index is 15.2. The minimum absolute atomic E-state index is 0.1000. The highest BCUT2D eigenvalue weighted by molar-refractivity contribution is 6.34. The molecule has 3 aliphatic heterocycles. The Labute approximate surface area is 315 Å². The first-order chi connectivity index (χ1) is 25.6. The topological polar surface area (TPSA) is 125 Å². The second-order valence-electron chi connectivity index (χ2n) is 14.0. The molecule has 3 amide bonds. The van der Waals surface area contributed by atoms with Gasteiger partial charge in [0, 0.05) is 13.0 Å². The number of para-hydroxylation sites is 1. The molecule has 3 aromatic carbocycles. The van der Waals surface area contributed by atoms with Crippen LogP contribution < -0.4 is 10.2 Å². The van der Waals surface area contributed by atoms with Gasteiger partial charge in [0.05, 0.1) is 47.3 Å². The number of carbonyl (C=O) groups is 4. The van der Waals surface area contributed by atoms with E-state index >= 15 is 4.79 Å². The Bertz CT molecular complexity index is 1820. The number of aliphatic hydroxyl groups excluding tert-OH is 1. The predicted octanol–water partition coefficient (Wildman–Crippen LogP) is 5.51. The Morgan fingerprint density at radius 2 is 1.79 bits per heavy atom. The third kappa shape index (κ3) is 7.40. The standard InChI is InChI=1S/C42H46ClN3O7/c1-4-6-20-34(48)52-26-32(29-17-11-8-12-18-29)44-39(49)35-33-21-22-42(53-33)36(35)40(50)46(30(25-47)24-28-15-9-7-10-16-28)38(42)41(51)45(23-5-2)37-27(3)14-13-19-31(37)43/h4-5,7-19,30,32-33,35-36,38,47H,1-2,6,20-26H2,3H3,(H,44,49)/t30-,32-,33-,35+,36+,38-,42+/m1/s1. The Morgan fingerprint density at radius 3 is 2.45 bits per heavy atom. The first-order valence-corrected chi connectivity index (χ1v) is 18.5. The molecular formula is C42H46ClN3O7. The summed E-state index contributed by atoms with van der Waals surface area (Å²) in [5, 5.41) is 14.3. The lowest BCUT2D eigenvalue weighted by atomic mass is 9.70. The van der Waals surface area contributed by atoms with Crippen molar-refractivity contribution in [1.29, 1.82) is 0 Å². The van der Waals surface area contributed by atoms with Crippen LogP contribution in [0.3, 0.4) is 0 Å². The Hall–Kier alpha value is -4.77. The van der Waals surface area contributed by atoms with Crippen molar-refractivity contribution in [2.24, 2.45) is 11.8 Å². The minimum Gasteiger partial charge on any atom is -0.463 e. The average molecular weight is 740 g/mol. The first kappa shape index (κ1) is 38.0. The molecule has 278 valence electrons. The van der Waals surface area contributed by atoms with E-state index in [1.807, 2.05) is 73.7 Å². The number of likely N-dealkylation sites (tertiary alicyclic amines) is 1. The summed E-state index contributed by atoms with van der Waals surface area (Å²) in [5.74, 6) is -3.67. The van der Waals surface area contributed by atoms with Crippen LogP contribution in [0.5, 0.6) is 0 Å². The molecule has 10 nitrogen and oxygen atoms in total. The van der Waals surface area contributed by atoms with Gasteiger partial charge in [0.2, 0.25) is 11.8 Å². The second kappa shape index (κ2) is 16.5. The van der Waals surface area contributed by atoms with Crippen molar-refractivity contribution in [3.8, 4) is 0 Å². The van der Waals surface area contributed by atoms with E-state index in [1.165, 1.54) is 9.80 Å². The fraction of sp³-hybridized carbons (Fsp3) is 0.381. The Kier molecular flexibility index (Phi) is 11.8. The maximum atomic E-state index is 15.2. The van der Waals surface area contributed by atoms with E-state index in [0.717, 1.165) is 16.7 Å². The van der Waals surface area contributed by atoms with Gasteiger partial charge >= 0.3 is 5.97 Å². The number of hydrogen-bond acceptors (Lipinski definition) is 7. The molecule has 1 spiro atoms. The zero-order valence-corrected chi connectivity index (χ0v) is 30.6. The molecule has 11 heteroatoms. The van der Waals surface area contributed by atoms with Crippen molar-refractivity contribution < 1.29 is 33.8 Å². The third-order valence-corrected chi connectivity index (χ3v) is 11.0. The number of ether oxygens (including phenoxy) is 2. The quantitative estimate of drug-likeness (QED) is 0.147. The van der Waals surface area contributed by atoms with Gasteiger partial charge < -0.3 is 29.7 Å². The lowest BCUT2D eigenvalue weighted by Crippen LogP contribution is -2.59. The number of carbonyl (C=O) groups excluding carboxylic acids is 4. The van der Waals surface area contributed by atoms with Crippen molar-refractivity contribution in [2.45, 2.75) is 68.9 Å². The highest BCUT2D eigenvalue weighted by atomic mass is 35.5. The molecule has 7 atom stereocenters. The van der Waals surface area contributed by atoms with Crippen LogP contribution in [0.1, 0.15) is 48.4 Å². The van der Waals surface area contributed by atoms with Gasteiger partial charge in [-0.3, -0.25) is 19.2 Å². The summed E-state index contributed by atoms with van der Waals surface area (Å²) in [6, 6.07) is 21.3. The Balaban J connectivity index is 1.38. The second-order valence-corrected chi connectivity index (χ2v) is 14.4. The smallest absolute Gasteiger partial charge is 0.306 e. The number of halogens is 1. The molecule has 3 fully saturated rings. The van der Waals surface area contributed by atoms with Crippen molar-refractivity contribution in [3.63, 3.8) is 0 Å². The fourth-order valence-electron chi connectivity index (χ4n) is 8.38. The zero-order chi connectivity index (χ0) is 37.7. The minimum atomic E-state index is -1.35. The largest absolute Gasteiger partial charge is 0.463 e. The van der Waals surface area contributed by atoms with E-state index in [2.05, 4.69) is 18.5 Å². The van der Waals surface area contributed by atoms with E-state index in [9.17, 15) is 19.5 Å². The number of anilines is 1. The third-order valence-electron chi connectivity index (χ3n) is 10.7. The molecule has 3 aliphatic rings. The van der Waals surface area contributed by atoms with Crippen LogP contribution in [-0.4, -0.2) is 77.2 Å². The van der Waals surface area contributed by atoms with Crippen molar-refractivity contribution in [3.05, 3.63) is 126 Å². The fourth-order valence-corrected chi connectivity index (χ4v) is 8.70. The van der Waals surface area contributed by atoms with Crippen LogP contribution in [0.15, 0.2) is 104 Å². The number of amides is 3. The highest BCUT2D eigenvalue weighted by Gasteiger charge is 2.75. The van der Waals surface area contributed by atoms with Gasteiger partial charge in [-0.1, -0.05) is 96.5 Å². The van der Waals surface area contributed by atoms with Crippen LogP contribution in [0.2, 0.25) is 5.02 Å². The van der Waals surface area contributed by atoms with Crippen molar-refractivity contribution in [1.82, 2.24) is 10.2 Å². The molecular weight excluding hydrogens is 694 g/mol. The number of aliphatic hydroxyl groups is 1. The van der Waals surface area contributed by atoms with E-state index in [4.69, 9.17) is 21.1 Å². The van der Waals surface area contributed by atoms with Crippen LogP contribution >= 0.6 is 11.6 Å². The number of esters is 1. The predicted molar refractivity (Wildman–Crippen MR) is 202 cm³/mol. The summed E-state index contributed by atoms with van der Waals surface area (Å²) in [6.07, 6.45) is 4.30. The normalized spacial score (nSPS) is 23.9. The van der Waals surface area contributed by atoms with Gasteiger partial charge in [0.15, 0.2) is 0 Å². The number of hydrogen-bond donors (Lipinski definition) is 2. The van der Waals surface area contributed by atoms with Crippen LogP contribution in [0, 0.1) is 18.8 Å². The molecule has 0 radical (unpaired) electrons. The van der Waals surface area contributed by atoms with Crippen LogP contribution in [0.25, 0.3) is 0 Å². The van der Waals surface area contributed by atoms with Crippen LogP contribution in [-0.2, 0) is 35.1 Å². The summed E-state index contributed by atoms with van der Waals surface area (Å²) in [5.41, 5.74) is 1.50. The molecule has 0 unspecified atom stereocenters. The zero-order valence-electron chi connectivity index (χ0n) is 29.9. The van der Waals surface area contributed by atoms with Crippen molar-refractivity contribution >= 4 is 41.0 Å².